The molecule has 0 saturated heterocycles. The number of benzene rings is 1. The number of aromatic nitrogens is 3. The van der Waals surface area contributed by atoms with Gasteiger partial charge in [-0.2, -0.15) is 10.4 Å². The molecule has 3 rings (SSSR count). The van der Waals surface area contributed by atoms with Gasteiger partial charge in [-0.15, -0.1) is 0 Å². The van der Waals surface area contributed by atoms with Crippen LogP contribution in [0.1, 0.15) is 16.8 Å². The van der Waals surface area contributed by atoms with Crippen LogP contribution in [0, 0.1) is 18.3 Å². The van der Waals surface area contributed by atoms with Crippen molar-refractivity contribution in [3.63, 3.8) is 0 Å². The molecule has 0 aliphatic carbocycles. The Bertz CT molecular complexity index is 975. The Labute approximate surface area is 128 Å². The summed E-state index contributed by atoms with van der Waals surface area (Å²) in [6.45, 7) is 1.86. The van der Waals surface area contributed by atoms with E-state index in [1.165, 1.54) is 0 Å². The van der Waals surface area contributed by atoms with Crippen molar-refractivity contribution in [2.75, 3.05) is 0 Å². The zero-order valence-electron chi connectivity index (χ0n) is 11.7. The average Bonchev–Trinajstić information content (AvgIpc) is 2.92. The number of rotatable bonds is 3. The summed E-state index contributed by atoms with van der Waals surface area (Å²) in [5.74, 6) is 0.0221. The number of hydrogen-bond donors (Lipinski definition) is 2. The molecular formula is C15H12N4O2S. The van der Waals surface area contributed by atoms with Crippen molar-refractivity contribution >= 4 is 21.6 Å². The van der Waals surface area contributed by atoms with Gasteiger partial charge in [-0.1, -0.05) is 12.1 Å². The summed E-state index contributed by atoms with van der Waals surface area (Å²) in [5.41, 5.74) is 4.15. The Morgan fingerprint density at radius 3 is 2.82 bits per heavy atom. The van der Waals surface area contributed by atoms with Gasteiger partial charge in [0.1, 0.15) is 16.8 Å². The van der Waals surface area contributed by atoms with Gasteiger partial charge in [-0.25, -0.2) is 8.42 Å². The molecule has 110 valence electrons. The van der Waals surface area contributed by atoms with Crippen LogP contribution in [0.3, 0.4) is 0 Å². The fourth-order valence-electron chi connectivity index (χ4n) is 2.43. The lowest BCUT2D eigenvalue weighted by Crippen LogP contribution is -1.93. The van der Waals surface area contributed by atoms with Gasteiger partial charge in [0.05, 0.1) is 22.3 Å². The molecular weight excluding hydrogens is 300 g/mol. The van der Waals surface area contributed by atoms with Gasteiger partial charge in [0.25, 0.3) is 0 Å². The number of aryl methyl sites for hydroxylation is 1. The number of nitrogens with zero attached hydrogens (tertiary/aromatic N) is 3. The zero-order valence-corrected chi connectivity index (χ0v) is 12.6. The normalized spacial score (nSPS) is 11.0. The second-order valence-electron chi connectivity index (χ2n) is 4.90. The van der Waals surface area contributed by atoms with Crippen molar-refractivity contribution < 1.29 is 8.42 Å². The quantitative estimate of drug-likeness (QED) is 0.720. The summed E-state index contributed by atoms with van der Waals surface area (Å²) in [5, 5.41) is 16.6. The van der Waals surface area contributed by atoms with Crippen molar-refractivity contribution in [3.8, 4) is 17.3 Å². The third-order valence-electron chi connectivity index (χ3n) is 3.50. The SMILES string of the molecule is Cc1cc(-c2nccc3[nH]nc(C#N)c23)ccc1C[SH](=O)=O. The number of nitriles is 1. The van der Waals surface area contributed by atoms with Gasteiger partial charge in [-0.3, -0.25) is 10.1 Å². The second-order valence-corrected chi connectivity index (χ2v) is 5.88. The lowest BCUT2D eigenvalue weighted by Gasteiger charge is -2.07. The Kier molecular flexibility index (Phi) is 3.61. The summed E-state index contributed by atoms with van der Waals surface area (Å²) in [6, 6.07) is 9.29. The molecule has 2 heterocycles. The number of fused-ring (bicyclic) bond motifs is 1. The fraction of sp³-hybridized carbons (Fsp3) is 0.133. The zero-order chi connectivity index (χ0) is 15.7. The predicted octanol–water partition coefficient (Wildman–Crippen LogP) is 1.92. The summed E-state index contributed by atoms with van der Waals surface area (Å²) < 4.78 is 21.8. The van der Waals surface area contributed by atoms with E-state index < -0.39 is 10.7 Å². The van der Waals surface area contributed by atoms with Crippen LogP contribution < -0.4 is 0 Å². The van der Waals surface area contributed by atoms with Crippen molar-refractivity contribution in [1.29, 1.82) is 5.26 Å². The minimum atomic E-state index is -2.46. The predicted molar refractivity (Wildman–Crippen MR) is 82.8 cm³/mol. The number of nitrogens with one attached hydrogen (secondary N) is 1. The van der Waals surface area contributed by atoms with E-state index in [1.807, 2.05) is 25.1 Å². The molecule has 1 N–H and O–H groups in total. The van der Waals surface area contributed by atoms with E-state index in [1.54, 1.807) is 18.3 Å². The number of H-pyrrole nitrogens is 1. The molecule has 3 aromatic rings. The lowest BCUT2D eigenvalue weighted by molar-refractivity contribution is 0.614. The molecule has 0 bridgehead atoms. The Morgan fingerprint density at radius 2 is 2.14 bits per heavy atom. The number of thiol groups is 1. The number of aromatic amines is 1. The van der Waals surface area contributed by atoms with Crippen molar-refractivity contribution in [1.82, 2.24) is 15.2 Å². The largest absolute Gasteiger partial charge is 0.276 e. The highest BCUT2D eigenvalue weighted by atomic mass is 32.2. The number of pyridine rings is 1. The van der Waals surface area contributed by atoms with E-state index in [0.717, 1.165) is 22.2 Å². The molecule has 7 heteroatoms. The molecule has 22 heavy (non-hydrogen) atoms. The van der Waals surface area contributed by atoms with E-state index in [4.69, 9.17) is 5.26 Å². The Morgan fingerprint density at radius 1 is 1.32 bits per heavy atom. The van der Waals surface area contributed by atoms with Gasteiger partial charge in [0.2, 0.25) is 0 Å². The maximum absolute atomic E-state index is 10.9. The first-order valence-electron chi connectivity index (χ1n) is 6.55. The van der Waals surface area contributed by atoms with E-state index in [0.29, 0.717) is 16.8 Å². The summed E-state index contributed by atoms with van der Waals surface area (Å²) >= 11 is 0. The molecule has 0 amide bonds. The Hall–Kier alpha value is -2.72. The van der Waals surface area contributed by atoms with Crippen LogP contribution in [0.25, 0.3) is 22.2 Å². The molecule has 0 radical (unpaired) electrons. The monoisotopic (exact) mass is 312 g/mol. The van der Waals surface area contributed by atoms with Crippen LogP contribution in [-0.4, -0.2) is 23.6 Å². The van der Waals surface area contributed by atoms with E-state index in [2.05, 4.69) is 15.2 Å². The van der Waals surface area contributed by atoms with Crippen molar-refractivity contribution in [2.24, 2.45) is 0 Å². The van der Waals surface area contributed by atoms with Crippen LogP contribution >= 0.6 is 0 Å². The Balaban J connectivity index is 2.18. The molecule has 6 nitrogen and oxygen atoms in total. The molecule has 0 atom stereocenters. The van der Waals surface area contributed by atoms with Crippen LogP contribution in [0.4, 0.5) is 0 Å². The summed E-state index contributed by atoms with van der Waals surface area (Å²) in [7, 11) is -2.46. The van der Waals surface area contributed by atoms with E-state index in [-0.39, 0.29) is 5.75 Å². The van der Waals surface area contributed by atoms with Gasteiger partial charge in [0.15, 0.2) is 5.69 Å². The van der Waals surface area contributed by atoms with E-state index in [9.17, 15) is 8.42 Å². The van der Waals surface area contributed by atoms with E-state index >= 15 is 0 Å². The molecule has 1 aromatic carbocycles. The smallest absolute Gasteiger partial charge is 0.172 e. The molecule has 0 aliphatic rings. The number of hydrogen-bond acceptors (Lipinski definition) is 5. The first-order chi connectivity index (χ1) is 10.6. The minimum Gasteiger partial charge on any atom is -0.276 e. The van der Waals surface area contributed by atoms with Crippen LogP contribution in [-0.2, 0) is 16.5 Å². The van der Waals surface area contributed by atoms with Gasteiger partial charge in [0, 0.05) is 11.8 Å². The van der Waals surface area contributed by atoms with Gasteiger partial charge < -0.3 is 0 Å². The third-order valence-corrected chi connectivity index (χ3v) is 4.10. The minimum absolute atomic E-state index is 0.0221. The molecule has 0 fully saturated rings. The van der Waals surface area contributed by atoms with Crippen LogP contribution in [0.5, 0.6) is 0 Å². The van der Waals surface area contributed by atoms with Crippen molar-refractivity contribution in [2.45, 2.75) is 12.7 Å². The first kappa shape index (κ1) is 14.2. The first-order valence-corrected chi connectivity index (χ1v) is 7.91. The van der Waals surface area contributed by atoms with Gasteiger partial charge in [-0.05, 0) is 30.2 Å². The van der Waals surface area contributed by atoms with Crippen molar-refractivity contribution in [3.05, 3.63) is 47.3 Å². The summed E-state index contributed by atoms with van der Waals surface area (Å²) in [6.07, 6.45) is 1.65. The highest BCUT2D eigenvalue weighted by Crippen LogP contribution is 2.29. The second kappa shape index (κ2) is 5.58. The van der Waals surface area contributed by atoms with Gasteiger partial charge >= 0.3 is 0 Å². The molecule has 0 aliphatic heterocycles. The standard InChI is InChI=1S/C15H12N4O2S/c1-9-6-10(2-3-11(9)8-22(20)21)15-14-12(4-5-17-15)18-19-13(14)7-16/h2-6,22H,8H2,1H3,(H,18,19). The fourth-order valence-corrected chi connectivity index (χ4v) is 3.06. The molecule has 0 saturated carbocycles. The highest BCUT2D eigenvalue weighted by Gasteiger charge is 2.13. The maximum Gasteiger partial charge on any atom is 0.172 e. The summed E-state index contributed by atoms with van der Waals surface area (Å²) in [4.78, 5) is 4.36. The topological polar surface area (TPSA) is 99.5 Å². The average molecular weight is 312 g/mol. The lowest BCUT2D eigenvalue weighted by atomic mass is 10.0. The van der Waals surface area contributed by atoms with Crippen LogP contribution in [0.2, 0.25) is 0 Å². The molecule has 2 aromatic heterocycles. The molecule has 0 unspecified atom stereocenters. The maximum atomic E-state index is 10.9. The third kappa shape index (κ3) is 2.44. The van der Waals surface area contributed by atoms with Crippen LogP contribution in [0.15, 0.2) is 30.5 Å². The molecule has 0 spiro atoms. The highest BCUT2D eigenvalue weighted by molar-refractivity contribution is 7.71.